The van der Waals surface area contributed by atoms with Crippen molar-refractivity contribution in [3.8, 4) is 0 Å². The summed E-state index contributed by atoms with van der Waals surface area (Å²) in [6.07, 6.45) is 0.801. The van der Waals surface area contributed by atoms with Crippen molar-refractivity contribution >= 4 is 50.3 Å². The molecule has 0 atom stereocenters. The predicted octanol–water partition coefficient (Wildman–Crippen LogP) is 6.98. The van der Waals surface area contributed by atoms with Crippen molar-refractivity contribution in [2.75, 3.05) is 5.32 Å². The van der Waals surface area contributed by atoms with Crippen molar-refractivity contribution in [2.45, 2.75) is 51.9 Å². The van der Waals surface area contributed by atoms with Crippen LogP contribution in [0, 0.1) is 17.0 Å². The third-order valence-electron chi connectivity index (χ3n) is 6.02. The molecule has 1 amide bonds. The van der Waals surface area contributed by atoms with Crippen LogP contribution in [0.3, 0.4) is 0 Å². The maximum absolute atomic E-state index is 13.1. The standard InChI is InChI=1S/C23H23ClN2O3S/c1-12-15(25-21(27)20-18(24)13-8-6-7-9-16(13)30-20)10-14-17(19(12)26(28)29)23(4,5)11-22(14,2)3/h6-10H,11H2,1-5H3,(H,25,27). The number of nitro groups is 1. The van der Waals surface area contributed by atoms with Crippen LogP contribution in [0.5, 0.6) is 0 Å². The number of carbonyl (C=O) groups is 1. The maximum atomic E-state index is 13.1. The number of fused-ring (bicyclic) bond motifs is 2. The fourth-order valence-corrected chi connectivity index (χ4v) is 6.38. The second-order valence-corrected chi connectivity index (χ2v) is 10.6. The normalized spacial score (nSPS) is 16.5. The Bertz CT molecular complexity index is 1230. The van der Waals surface area contributed by atoms with E-state index in [0.29, 0.717) is 21.2 Å². The summed E-state index contributed by atoms with van der Waals surface area (Å²) in [5.74, 6) is -0.353. The van der Waals surface area contributed by atoms with Crippen LogP contribution in [0.2, 0.25) is 5.02 Å². The van der Waals surface area contributed by atoms with Gasteiger partial charge in [0, 0.05) is 15.6 Å². The second kappa shape index (κ2) is 6.79. The molecule has 30 heavy (non-hydrogen) atoms. The molecule has 0 radical (unpaired) electrons. The second-order valence-electron chi connectivity index (χ2n) is 9.22. The van der Waals surface area contributed by atoms with E-state index in [1.807, 2.05) is 44.2 Å². The highest BCUT2D eigenvalue weighted by Gasteiger charge is 2.47. The SMILES string of the molecule is Cc1c(NC(=O)c2sc3ccccc3c2Cl)cc2c(c1[N+](=O)[O-])C(C)(C)CC2(C)C. The van der Waals surface area contributed by atoms with E-state index < -0.39 is 0 Å². The number of anilines is 1. The van der Waals surface area contributed by atoms with E-state index in [9.17, 15) is 14.9 Å². The first-order valence-corrected chi connectivity index (χ1v) is 10.9. The molecule has 0 saturated carbocycles. The molecule has 0 fully saturated rings. The molecule has 3 aromatic rings. The number of benzene rings is 2. The van der Waals surface area contributed by atoms with Crippen molar-refractivity contribution in [1.82, 2.24) is 0 Å². The Morgan fingerprint density at radius 1 is 1.20 bits per heavy atom. The van der Waals surface area contributed by atoms with Crippen molar-refractivity contribution in [3.05, 3.63) is 67.0 Å². The molecule has 0 aliphatic heterocycles. The largest absolute Gasteiger partial charge is 0.321 e. The molecule has 5 nitrogen and oxygen atoms in total. The molecule has 0 spiro atoms. The minimum absolute atomic E-state index is 0.0980. The predicted molar refractivity (Wildman–Crippen MR) is 123 cm³/mol. The number of halogens is 1. The Balaban J connectivity index is 1.84. The maximum Gasteiger partial charge on any atom is 0.278 e. The van der Waals surface area contributed by atoms with E-state index in [4.69, 9.17) is 11.6 Å². The molecule has 1 N–H and O–H groups in total. The number of nitrogens with one attached hydrogen (secondary N) is 1. The van der Waals surface area contributed by atoms with Crippen LogP contribution < -0.4 is 5.32 Å². The topological polar surface area (TPSA) is 72.2 Å². The Morgan fingerprint density at radius 2 is 1.87 bits per heavy atom. The van der Waals surface area contributed by atoms with E-state index in [2.05, 4.69) is 19.2 Å². The van der Waals surface area contributed by atoms with Crippen LogP contribution in [0.4, 0.5) is 11.4 Å². The first-order valence-electron chi connectivity index (χ1n) is 9.75. The summed E-state index contributed by atoms with van der Waals surface area (Å²) in [7, 11) is 0. The monoisotopic (exact) mass is 442 g/mol. The summed E-state index contributed by atoms with van der Waals surface area (Å²) in [6, 6.07) is 9.47. The number of carbonyl (C=O) groups excluding carboxylic acids is 1. The van der Waals surface area contributed by atoms with Gasteiger partial charge in [0.15, 0.2) is 0 Å². The minimum Gasteiger partial charge on any atom is -0.321 e. The zero-order valence-electron chi connectivity index (χ0n) is 17.6. The Labute approximate surface area is 184 Å². The molecule has 7 heteroatoms. The fraction of sp³-hybridized carbons (Fsp3) is 0.348. The fourth-order valence-electron chi connectivity index (χ4n) is 4.97. The summed E-state index contributed by atoms with van der Waals surface area (Å²) < 4.78 is 0.923. The van der Waals surface area contributed by atoms with E-state index >= 15 is 0 Å². The van der Waals surface area contributed by atoms with Gasteiger partial charge in [0.25, 0.3) is 11.6 Å². The highest BCUT2D eigenvalue weighted by molar-refractivity contribution is 7.21. The quantitative estimate of drug-likeness (QED) is 0.351. The van der Waals surface area contributed by atoms with Crippen LogP contribution >= 0.6 is 22.9 Å². The van der Waals surface area contributed by atoms with Crippen LogP contribution in [0.15, 0.2) is 30.3 Å². The number of nitrogens with zero attached hydrogens (tertiary/aromatic N) is 1. The Kier molecular flexibility index (Phi) is 4.71. The third-order valence-corrected chi connectivity index (χ3v) is 7.69. The number of amides is 1. The molecule has 2 aromatic carbocycles. The first-order chi connectivity index (χ1) is 13.9. The number of rotatable bonds is 3. The van der Waals surface area contributed by atoms with E-state index in [0.717, 1.165) is 27.6 Å². The molecule has 1 heterocycles. The van der Waals surface area contributed by atoms with Crippen molar-refractivity contribution in [3.63, 3.8) is 0 Å². The summed E-state index contributed by atoms with van der Waals surface area (Å²) in [4.78, 5) is 25.2. The third kappa shape index (κ3) is 3.10. The molecule has 0 unspecified atom stereocenters. The zero-order chi connectivity index (χ0) is 22.0. The van der Waals surface area contributed by atoms with Crippen molar-refractivity contribution in [1.29, 1.82) is 0 Å². The summed E-state index contributed by atoms with van der Waals surface area (Å²) in [5, 5.41) is 16.2. The lowest BCUT2D eigenvalue weighted by Crippen LogP contribution is -2.18. The Morgan fingerprint density at radius 3 is 2.50 bits per heavy atom. The molecule has 4 rings (SSSR count). The van der Waals surface area contributed by atoms with E-state index in [1.165, 1.54) is 11.3 Å². The summed E-state index contributed by atoms with van der Waals surface area (Å²) in [5.41, 5.74) is 2.17. The minimum atomic E-state index is -0.353. The molecule has 0 bridgehead atoms. The van der Waals surface area contributed by atoms with Gasteiger partial charge in [0.1, 0.15) is 4.88 Å². The number of hydrogen-bond donors (Lipinski definition) is 1. The lowest BCUT2D eigenvalue weighted by atomic mass is 9.81. The first kappa shape index (κ1) is 20.8. The van der Waals surface area contributed by atoms with Gasteiger partial charge in [0.2, 0.25) is 0 Å². The van der Waals surface area contributed by atoms with Crippen molar-refractivity contribution in [2.24, 2.45) is 0 Å². The molecular formula is C23H23ClN2O3S. The van der Waals surface area contributed by atoms with Crippen LogP contribution in [-0.4, -0.2) is 10.8 Å². The van der Waals surface area contributed by atoms with Gasteiger partial charge < -0.3 is 5.32 Å². The highest BCUT2D eigenvalue weighted by Crippen LogP contribution is 2.54. The Hall–Kier alpha value is -2.44. The smallest absolute Gasteiger partial charge is 0.278 e. The number of thiophene rings is 1. The van der Waals surface area contributed by atoms with E-state index in [1.54, 1.807) is 6.92 Å². The van der Waals surface area contributed by atoms with Gasteiger partial charge in [-0.3, -0.25) is 14.9 Å². The average molecular weight is 443 g/mol. The van der Waals surface area contributed by atoms with Crippen LogP contribution in [0.25, 0.3) is 10.1 Å². The molecule has 0 saturated heterocycles. The molecule has 1 aromatic heterocycles. The highest BCUT2D eigenvalue weighted by atomic mass is 35.5. The van der Waals surface area contributed by atoms with Gasteiger partial charge in [-0.2, -0.15) is 0 Å². The van der Waals surface area contributed by atoms with Crippen LogP contribution in [0.1, 0.15) is 60.5 Å². The van der Waals surface area contributed by atoms with E-state index in [-0.39, 0.29) is 27.3 Å². The summed E-state index contributed by atoms with van der Waals surface area (Å²) in [6.45, 7) is 9.97. The zero-order valence-corrected chi connectivity index (χ0v) is 19.1. The van der Waals surface area contributed by atoms with Gasteiger partial charge in [-0.1, -0.05) is 57.5 Å². The molecular weight excluding hydrogens is 420 g/mol. The molecule has 1 aliphatic rings. The molecule has 1 aliphatic carbocycles. The average Bonchev–Trinajstić information content (AvgIpc) is 3.07. The van der Waals surface area contributed by atoms with Gasteiger partial charge >= 0.3 is 0 Å². The number of hydrogen-bond acceptors (Lipinski definition) is 4. The van der Waals surface area contributed by atoms with Crippen LogP contribution in [-0.2, 0) is 10.8 Å². The van der Waals surface area contributed by atoms with Gasteiger partial charge in [-0.15, -0.1) is 11.3 Å². The van der Waals surface area contributed by atoms with Gasteiger partial charge in [0.05, 0.1) is 21.2 Å². The van der Waals surface area contributed by atoms with Crippen molar-refractivity contribution < 1.29 is 9.72 Å². The van der Waals surface area contributed by atoms with Gasteiger partial charge in [-0.25, -0.2) is 0 Å². The number of nitro benzene ring substituents is 1. The molecule has 156 valence electrons. The lowest BCUT2D eigenvalue weighted by molar-refractivity contribution is -0.386. The van der Waals surface area contributed by atoms with Gasteiger partial charge in [-0.05, 0) is 41.9 Å². The summed E-state index contributed by atoms with van der Waals surface area (Å²) >= 11 is 7.77. The lowest BCUT2D eigenvalue weighted by Gasteiger charge is -2.22.